The minimum atomic E-state index is -2.82. The van der Waals surface area contributed by atoms with E-state index in [1.54, 1.807) is 0 Å². The third-order valence-corrected chi connectivity index (χ3v) is 2.48. The van der Waals surface area contributed by atoms with Gasteiger partial charge in [-0.2, -0.15) is 0 Å². The second kappa shape index (κ2) is 4.18. The topological polar surface area (TPSA) is 56.0 Å². The molecule has 0 atom stereocenters. The fourth-order valence-corrected chi connectivity index (χ4v) is 1.29. The van der Waals surface area contributed by atoms with Crippen LogP contribution < -0.4 is 5.73 Å². The molecule has 3 nitrogen and oxygen atoms in total. The lowest BCUT2D eigenvalue weighted by molar-refractivity contribution is 0.107. The van der Waals surface area contributed by atoms with Crippen LogP contribution in [0.4, 0.5) is 14.5 Å². The molecule has 1 aromatic rings. The van der Waals surface area contributed by atoms with Crippen LogP contribution in [0.25, 0.3) is 0 Å². The second-order valence-corrected chi connectivity index (χ2v) is 3.51. The molecule has 0 aliphatic rings. The van der Waals surface area contributed by atoms with E-state index in [4.69, 9.17) is 17.3 Å². The van der Waals surface area contributed by atoms with Crippen molar-refractivity contribution in [1.82, 2.24) is 4.98 Å². The molecule has 1 rings (SSSR count). The highest BCUT2D eigenvalue weighted by molar-refractivity contribution is 9.10. The standard InChI is InChI=1S/C7H4BrClF2N2O/c8-4-2(12)1-3(6(9)14)13-5(4)7(10)11/h1,7H,(H2,12,13). The minimum Gasteiger partial charge on any atom is -0.398 e. The molecule has 0 unspecified atom stereocenters. The maximum Gasteiger partial charge on any atom is 0.281 e. The predicted molar refractivity (Wildman–Crippen MR) is 51.5 cm³/mol. The highest BCUT2D eigenvalue weighted by Gasteiger charge is 2.18. The summed E-state index contributed by atoms with van der Waals surface area (Å²) in [7, 11) is 0. The molecular formula is C7H4BrClF2N2O. The third-order valence-electron chi connectivity index (χ3n) is 1.42. The van der Waals surface area contributed by atoms with E-state index in [-0.39, 0.29) is 15.9 Å². The Morgan fingerprint density at radius 1 is 1.64 bits per heavy atom. The Morgan fingerprint density at radius 2 is 2.21 bits per heavy atom. The van der Waals surface area contributed by atoms with Crippen molar-refractivity contribution in [2.45, 2.75) is 6.43 Å². The smallest absolute Gasteiger partial charge is 0.281 e. The fraction of sp³-hybridized carbons (Fsp3) is 0.143. The van der Waals surface area contributed by atoms with Crippen LogP contribution in [0.2, 0.25) is 0 Å². The monoisotopic (exact) mass is 284 g/mol. The first kappa shape index (κ1) is 11.3. The van der Waals surface area contributed by atoms with E-state index in [1.807, 2.05) is 0 Å². The lowest BCUT2D eigenvalue weighted by Gasteiger charge is -2.06. The van der Waals surface area contributed by atoms with Crippen molar-refractivity contribution in [2.75, 3.05) is 5.73 Å². The van der Waals surface area contributed by atoms with Crippen molar-refractivity contribution in [3.8, 4) is 0 Å². The quantitative estimate of drug-likeness (QED) is 0.850. The Balaban J connectivity index is 3.35. The van der Waals surface area contributed by atoms with Gasteiger partial charge < -0.3 is 5.73 Å². The van der Waals surface area contributed by atoms with Gasteiger partial charge in [0, 0.05) is 0 Å². The van der Waals surface area contributed by atoms with Crippen LogP contribution in [0.5, 0.6) is 0 Å². The van der Waals surface area contributed by atoms with Crippen molar-refractivity contribution in [2.24, 2.45) is 0 Å². The molecule has 0 saturated heterocycles. The van der Waals surface area contributed by atoms with E-state index < -0.39 is 17.4 Å². The molecule has 0 radical (unpaired) electrons. The van der Waals surface area contributed by atoms with Gasteiger partial charge in [-0.3, -0.25) is 4.79 Å². The van der Waals surface area contributed by atoms with Gasteiger partial charge in [-0.15, -0.1) is 0 Å². The number of rotatable bonds is 2. The molecular weight excluding hydrogens is 281 g/mol. The third kappa shape index (κ3) is 2.19. The number of nitrogens with two attached hydrogens (primary N) is 1. The maximum atomic E-state index is 12.3. The van der Waals surface area contributed by atoms with Crippen molar-refractivity contribution in [3.05, 3.63) is 21.9 Å². The van der Waals surface area contributed by atoms with Gasteiger partial charge in [0.15, 0.2) is 0 Å². The number of aromatic nitrogens is 1. The number of hydrogen-bond acceptors (Lipinski definition) is 3. The van der Waals surface area contributed by atoms with Crippen LogP contribution in [-0.4, -0.2) is 10.2 Å². The van der Waals surface area contributed by atoms with E-state index in [1.165, 1.54) is 0 Å². The summed E-state index contributed by atoms with van der Waals surface area (Å²) < 4.78 is 24.7. The maximum absolute atomic E-state index is 12.3. The van der Waals surface area contributed by atoms with Crippen molar-refractivity contribution >= 4 is 38.5 Å². The molecule has 2 N–H and O–H groups in total. The number of carbonyl (C=O) groups is 1. The van der Waals surface area contributed by atoms with Gasteiger partial charge in [-0.25, -0.2) is 13.8 Å². The average Bonchev–Trinajstić information content (AvgIpc) is 2.08. The summed E-state index contributed by atoms with van der Waals surface area (Å²) in [5.74, 6) is 0. The Labute approximate surface area is 91.4 Å². The number of alkyl halides is 2. The van der Waals surface area contributed by atoms with Crippen LogP contribution in [0.1, 0.15) is 22.6 Å². The van der Waals surface area contributed by atoms with Gasteiger partial charge in [0.1, 0.15) is 11.4 Å². The van der Waals surface area contributed by atoms with Crippen molar-refractivity contribution in [1.29, 1.82) is 0 Å². The Hall–Kier alpha value is -0.750. The van der Waals surface area contributed by atoms with Gasteiger partial charge in [0.2, 0.25) is 0 Å². The zero-order chi connectivity index (χ0) is 10.9. The van der Waals surface area contributed by atoms with Crippen LogP contribution in [-0.2, 0) is 0 Å². The molecule has 0 aromatic carbocycles. The lowest BCUT2D eigenvalue weighted by atomic mass is 10.3. The summed E-state index contributed by atoms with van der Waals surface area (Å²) in [5.41, 5.74) is 4.49. The highest BCUT2D eigenvalue weighted by atomic mass is 79.9. The van der Waals surface area contributed by atoms with Crippen molar-refractivity contribution < 1.29 is 13.6 Å². The Kier molecular flexibility index (Phi) is 3.38. The molecule has 1 heterocycles. The van der Waals surface area contributed by atoms with Gasteiger partial charge in [-0.05, 0) is 33.6 Å². The normalized spacial score (nSPS) is 10.6. The van der Waals surface area contributed by atoms with Crippen molar-refractivity contribution in [3.63, 3.8) is 0 Å². The van der Waals surface area contributed by atoms with E-state index in [9.17, 15) is 13.6 Å². The van der Waals surface area contributed by atoms with Gasteiger partial charge in [-0.1, -0.05) is 0 Å². The molecule has 76 valence electrons. The molecule has 1 aromatic heterocycles. The van der Waals surface area contributed by atoms with E-state index >= 15 is 0 Å². The summed E-state index contributed by atoms with van der Waals surface area (Å²) in [6, 6.07) is 1.13. The first-order chi connectivity index (χ1) is 6.43. The van der Waals surface area contributed by atoms with E-state index in [0.29, 0.717) is 0 Å². The highest BCUT2D eigenvalue weighted by Crippen LogP contribution is 2.30. The number of halogens is 4. The molecule has 0 aliphatic heterocycles. The average molecular weight is 285 g/mol. The number of nitrogens with zero attached hydrogens (tertiary/aromatic N) is 1. The molecule has 7 heteroatoms. The number of anilines is 1. The minimum absolute atomic E-state index is 0.000648. The lowest BCUT2D eigenvalue weighted by Crippen LogP contribution is -2.03. The zero-order valence-corrected chi connectivity index (χ0v) is 8.94. The molecule has 0 bridgehead atoms. The predicted octanol–water partition coefficient (Wildman–Crippen LogP) is 2.74. The van der Waals surface area contributed by atoms with Crippen LogP contribution in [0, 0.1) is 0 Å². The second-order valence-electron chi connectivity index (χ2n) is 2.37. The molecule has 0 fully saturated rings. The van der Waals surface area contributed by atoms with Gasteiger partial charge in [0.25, 0.3) is 11.7 Å². The number of carbonyl (C=O) groups excluding carboxylic acids is 1. The summed E-state index contributed by atoms with van der Waals surface area (Å²) >= 11 is 7.93. The molecule has 0 spiro atoms. The Bertz CT molecular complexity index is 386. The summed E-state index contributed by atoms with van der Waals surface area (Å²) in [4.78, 5) is 14.0. The van der Waals surface area contributed by atoms with E-state index in [0.717, 1.165) is 6.07 Å². The largest absolute Gasteiger partial charge is 0.398 e. The summed E-state index contributed by atoms with van der Waals surface area (Å²) in [6.45, 7) is 0. The van der Waals surface area contributed by atoms with E-state index in [2.05, 4.69) is 20.9 Å². The fourth-order valence-electron chi connectivity index (χ4n) is 0.815. The molecule has 0 amide bonds. The SMILES string of the molecule is Nc1cc(C(=O)Cl)nc(C(F)F)c1Br. The number of pyridine rings is 1. The van der Waals surface area contributed by atoms with Crippen LogP contribution in [0.15, 0.2) is 10.5 Å². The zero-order valence-electron chi connectivity index (χ0n) is 6.60. The van der Waals surface area contributed by atoms with Gasteiger partial charge in [0.05, 0.1) is 10.2 Å². The Morgan fingerprint density at radius 3 is 2.64 bits per heavy atom. The molecule has 0 saturated carbocycles. The number of nitrogen functional groups attached to an aromatic ring is 1. The first-order valence-corrected chi connectivity index (χ1v) is 4.54. The summed E-state index contributed by atoms with van der Waals surface area (Å²) in [5, 5.41) is -0.925. The van der Waals surface area contributed by atoms with Crippen LogP contribution >= 0.6 is 27.5 Å². The number of hydrogen-bond donors (Lipinski definition) is 1. The van der Waals surface area contributed by atoms with Gasteiger partial charge >= 0.3 is 0 Å². The first-order valence-electron chi connectivity index (χ1n) is 3.37. The molecule has 0 aliphatic carbocycles. The summed E-state index contributed by atoms with van der Waals surface area (Å²) in [6.07, 6.45) is -2.82. The van der Waals surface area contributed by atoms with Crippen LogP contribution in [0.3, 0.4) is 0 Å². The molecule has 14 heavy (non-hydrogen) atoms.